The van der Waals surface area contributed by atoms with Gasteiger partial charge in [-0.3, -0.25) is 9.59 Å². The Balaban J connectivity index is 1.96. The third kappa shape index (κ3) is 4.06. The Labute approximate surface area is 133 Å². The van der Waals surface area contributed by atoms with Crippen molar-refractivity contribution >= 4 is 23.1 Å². The number of amides is 2. The Morgan fingerprint density at radius 2 is 2.09 bits per heavy atom. The summed E-state index contributed by atoms with van der Waals surface area (Å²) in [6.45, 7) is 0.775. The molecule has 1 aromatic carbocycles. The molecule has 0 radical (unpaired) electrons. The summed E-state index contributed by atoms with van der Waals surface area (Å²) in [5, 5.41) is 2.46. The molecule has 0 spiro atoms. The maximum absolute atomic E-state index is 13.1. The van der Waals surface area contributed by atoms with Crippen LogP contribution < -0.4 is 11.1 Å². The zero-order valence-electron chi connectivity index (χ0n) is 12.8. The predicted molar refractivity (Wildman–Crippen MR) is 83.7 cm³/mol. The van der Waals surface area contributed by atoms with Crippen LogP contribution in [0.5, 0.6) is 0 Å². The number of allylic oxidation sites excluding steroid dienone is 1. The Morgan fingerprint density at radius 3 is 2.65 bits per heavy atom. The van der Waals surface area contributed by atoms with Crippen molar-refractivity contribution < 1.29 is 18.4 Å². The number of nitrogens with two attached hydrogens (primary N) is 1. The zero-order chi connectivity index (χ0) is 17.0. The van der Waals surface area contributed by atoms with Crippen molar-refractivity contribution in [3.05, 3.63) is 35.9 Å². The standard InChI is InChI=1S/C16H19F2N3O2/c1-2-11(12-5-3-4-6-13(12)19)15(23)20-9-14(22)21-8-7-16(17,18)10-21/h2-6H,7-10,19H2,1H3,(H,20,23)/b11-2+. The monoisotopic (exact) mass is 323 g/mol. The largest absolute Gasteiger partial charge is 0.398 e. The number of nitrogen functional groups attached to an aromatic ring is 1. The van der Waals surface area contributed by atoms with Gasteiger partial charge in [-0.05, 0) is 13.0 Å². The minimum atomic E-state index is -2.84. The fourth-order valence-electron chi connectivity index (χ4n) is 2.46. The summed E-state index contributed by atoms with van der Waals surface area (Å²) in [6.07, 6.45) is 1.25. The number of likely N-dealkylation sites (tertiary alicyclic amines) is 1. The summed E-state index contributed by atoms with van der Waals surface area (Å²) in [5.74, 6) is -3.83. The highest BCUT2D eigenvalue weighted by atomic mass is 19.3. The van der Waals surface area contributed by atoms with Gasteiger partial charge in [-0.2, -0.15) is 0 Å². The lowest BCUT2D eigenvalue weighted by molar-refractivity contribution is -0.132. The molecule has 0 atom stereocenters. The van der Waals surface area contributed by atoms with Crippen molar-refractivity contribution in [1.82, 2.24) is 10.2 Å². The summed E-state index contributed by atoms with van der Waals surface area (Å²) >= 11 is 0. The molecule has 0 bridgehead atoms. The molecule has 1 saturated heterocycles. The third-order valence-electron chi connectivity index (χ3n) is 3.71. The number of anilines is 1. The summed E-state index contributed by atoms with van der Waals surface area (Å²) in [7, 11) is 0. The van der Waals surface area contributed by atoms with Crippen LogP contribution in [0, 0.1) is 0 Å². The summed E-state index contributed by atoms with van der Waals surface area (Å²) in [4.78, 5) is 25.2. The van der Waals surface area contributed by atoms with Gasteiger partial charge in [0, 0.05) is 29.8 Å². The second kappa shape index (κ2) is 6.76. The molecule has 5 nitrogen and oxygen atoms in total. The average molecular weight is 323 g/mol. The van der Waals surface area contributed by atoms with Gasteiger partial charge in [0.05, 0.1) is 13.1 Å². The van der Waals surface area contributed by atoms with Crippen LogP contribution >= 0.6 is 0 Å². The quantitative estimate of drug-likeness (QED) is 0.653. The number of nitrogens with zero attached hydrogens (tertiary/aromatic N) is 1. The topological polar surface area (TPSA) is 75.4 Å². The highest BCUT2D eigenvalue weighted by Gasteiger charge is 2.40. The van der Waals surface area contributed by atoms with E-state index in [0.29, 0.717) is 16.8 Å². The van der Waals surface area contributed by atoms with Gasteiger partial charge in [0.1, 0.15) is 0 Å². The number of carbonyl (C=O) groups excluding carboxylic acids is 2. The average Bonchev–Trinajstić information content (AvgIpc) is 2.87. The number of rotatable bonds is 4. The van der Waals surface area contributed by atoms with E-state index in [1.54, 1.807) is 37.3 Å². The second-order valence-electron chi connectivity index (χ2n) is 5.39. The molecule has 0 unspecified atom stereocenters. The molecule has 0 aliphatic carbocycles. The minimum absolute atomic E-state index is 0.00378. The first-order chi connectivity index (χ1) is 10.8. The van der Waals surface area contributed by atoms with Crippen molar-refractivity contribution in [2.45, 2.75) is 19.3 Å². The molecule has 1 fully saturated rings. The molecule has 7 heteroatoms. The molecular weight excluding hydrogens is 304 g/mol. The number of carbonyl (C=O) groups is 2. The molecule has 23 heavy (non-hydrogen) atoms. The first-order valence-electron chi connectivity index (χ1n) is 7.29. The molecule has 1 aliphatic rings. The number of halogens is 2. The number of benzene rings is 1. The molecule has 2 amide bonds. The molecule has 0 aromatic heterocycles. The van der Waals surface area contributed by atoms with Gasteiger partial charge < -0.3 is 16.0 Å². The zero-order valence-corrected chi connectivity index (χ0v) is 12.8. The highest BCUT2D eigenvalue weighted by Crippen LogP contribution is 2.26. The lowest BCUT2D eigenvalue weighted by atomic mass is 10.0. The summed E-state index contributed by atoms with van der Waals surface area (Å²) in [5.41, 5.74) is 7.18. The van der Waals surface area contributed by atoms with E-state index in [1.165, 1.54) is 0 Å². The minimum Gasteiger partial charge on any atom is -0.398 e. The summed E-state index contributed by atoms with van der Waals surface area (Å²) < 4.78 is 26.2. The maximum Gasteiger partial charge on any atom is 0.267 e. The molecule has 0 saturated carbocycles. The Bertz CT molecular complexity index is 644. The first kappa shape index (κ1) is 16.9. The molecule has 1 heterocycles. The molecular formula is C16H19F2N3O2. The first-order valence-corrected chi connectivity index (χ1v) is 7.29. The van der Waals surface area contributed by atoms with Crippen molar-refractivity contribution in [2.24, 2.45) is 0 Å². The van der Waals surface area contributed by atoms with E-state index in [4.69, 9.17) is 5.73 Å². The predicted octanol–water partition coefficient (Wildman–Crippen LogP) is 1.66. The number of hydrogen-bond acceptors (Lipinski definition) is 3. The van der Waals surface area contributed by atoms with Crippen LogP contribution in [-0.4, -0.2) is 42.3 Å². The highest BCUT2D eigenvalue weighted by molar-refractivity contribution is 6.21. The van der Waals surface area contributed by atoms with Crippen molar-refractivity contribution in [3.8, 4) is 0 Å². The normalized spacial score (nSPS) is 17.2. The van der Waals surface area contributed by atoms with Crippen molar-refractivity contribution in [3.63, 3.8) is 0 Å². The van der Waals surface area contributed by atoms with E-state index in [2.05, 4.69) is 5.32 Å². The molecule has 1 aromatic rings. The molecule has 3 N–H and O–H groups in total. The van der Waals surface area contributed by atoms with Crippen LogP contribution in [0.1, 0.15) is 18.9 Å². The van der Waals surface area contributed by atoms with Crippen LogP contribution in [0.25, 0.3) is 5.57 Å². The lowest BCUT2D eigenvalue weighted by Gasteiger charge is -2.17. The maximum atomic E-state index is 13.1. The van der Waals surface area contributed by atoms with E-state index in [9.17, 15) is 18.4 Å². The van der Waals surface area contributed by atoms with Crippen LogP contribution in [0.15, 0.2) is 30.3 Å². The Hall–Kier alpha value is -2.44. The van der Waals surface area contributed by atoms with Crippen molar-refractivity contribution in [2.75, 3.05) is 25.4 Å². The van der Waals surface area contributed by atoms with Gasteiger partial charge in [0.2, 0.25) is 5.91 Å². The van der Waals surface area contributed by atoms with Gasteiger partial charge in [-0.15, -0.1) is 0 Å². The van der Waals surface area contributed by atoms with Gasteiger partial charge in [-0.1, -0.05) is 24.3 Å². The van der Waals surface area contributed by atoms with Crippen LogP contribution in [0.2, 0.25) is 0 Å². The van der Waals surface area contributed by atoms with E-state index in [0.717, 1.165) is 4.90 Å². The fraction of sp³-hybridized carbons (Fsp3) is 0.375. The van der Waals surface area contributed by atoms with Gasteiger partial charge in [0.25, 0.3) is 11.8 Å². The van der Waals surface area contributed by atoms with E-state index in [1.807, 2.05) is 0 Å². The molecule has 124 valence electrons. The van der Waals surface area contributed by atoms with Crippen LogP contribution in [0.4, 0.5) is 14.5 Å². The molecule has 2 rings (SSSR count). The fourth-order valence-corrected chi connectivity index (χ4v) is 2.46. The van der Waals surface area contributed by atoms with Gasteiger partial charge in [0.15, 0.2) is 0 Å². The van der Waals surface area contributed by atoms with Crippen molar-refractivity contribution in [1.29, 1.82) is 0 Å². The number of nitrogens with one attached hydrogen (secondary N) is 1. The van der Waals surface area contributed by atoms with Crippen LogP contribution in [0.3, 0.4) is 0 Å². The Kier molecular flexibility index (Phi) is 4.98. The van der Waals surface area contributed by atoms with Gasteiger partial charge in [-0.25, -0.2) is 8.78 Å². The van der Waals surface area contributed by atoms with Gasteiger partial charge >= 0.3 is 0 Å². The number of hydrogen-bond donors (Lipinski definition) is 2. The molecule has 1 aliphatic heterocycles. The second-order valence-corrected chi connectivity index (χ2v) is 5.39. The number of alkyl halides is 2. The third-order valence-corrected chi connectivity index (χ3v) is 3.71. The van der Waals surface area contributed by atoms with E-state index < -0.39 is 24.3 Å². The lowest BCUT2D eigenvalue weighted by Crippen LogP contribution is -2.40. The van der Waals surface area contributed by atoms with E-state index >= 15 is 0 Å². The number of para-hydroxylation sites is 1. The summed E-state index contributed by atoms with van der Waals surface area (Å²) in [6, 6.07) is 6.87. The smallest absolute Gasteiger partial charge is 0.267 e. The Morgan fingerprint density at radius 1 is 1.39 bits per heavy atom. The SMILES string of the molecule is C/C=C(/C(=O)NCC(=O)N1CCC(F)(F)C1)c1ccccc1N. The van der Waals surface area contributed by atoms with E-state index in [-0.39, 0.29) is 19.5 Å². The van der Waals surface area contributed by atoms with Crippen LogP contribution in [-0.2, 0) is 9.59 Å².